The zero-order chi connectivity index (χ0) is 31.7. The van der Waals surface area contributed by atoms with E-state index in [2.05, 4.69) is 4.42 Å². The number of benzene rings is 3. The summed E-state index contributed by atoms with van der Waals surface area (Å²) in [6.07, 6.45) is 2.85. The molecule has 44 heavy (non-hydrogen) atoms. The second-order valence-corrected chi connectivity index (χ2v) is 12.0. The van der Waals surface area contributed by atoms with Gasteiger partial charge in [-0.15, -0.1) is 0 Å². The summed E-state index contributed by atoms with van der Waals surface area (Å²) in [6.45, 7) is 2.17. The lowest BCUT2D eigenvalue weighted by atomic mass is 10.1. The minimum atomic E-state index is -3.86. The third-order valence-corrected chi connectivity index (χ3v) is 8.81. The number of carboxylic acid groups (broad SMARTS) is 1. The first-order valence-electron chi connectivity index (χ1n) is 13.3. The highest BCUT2D eigenvalue weighted by atomic mass is 35.5. The van der Waals surface area contributed by atoms with Crippen molar-refractivity contribution in [1.29, 1.82) is 0 Å². The molecule has 1 N–H and O–H groups in total. The van der Waals surface area contributed by atoms with Crippen molar-refractivity contribution in [2.45, 2.75) is 24.9 Å². The maximum atomic E-state index is 13.6. The van der Waals surface area contributed by atoms with Crippen LogP contribution >= 0.6 is 23.2 Å². The SMILES string of the molecule is CCN(c1ccc(Cl)cc1CN(Cc1ccco1)C(=O)c1ccccc1Cl)S(=O)(=O)c1ccccc1.O=C(O)c1ccco1. The predicted molar refractivity (Wildman–Crippen MR) is 168 cm³/mol. The van der Waals surface area contributed by atoms with Gasteiger partial charge in [0.2, 0.25) is 5.76 Å². The van der Waals surface area contributed by atoms with Crippen molar-refractivity contribution >= 4 is 50.8 Å². The summed E-state index contributed by atoms with van der Waals surface area (Å²) in [4.78, 5) is 25.3. The molecular weight excluding hydrogens is 627 g/mol. The number of hydrogen-bond donors (Lipinski definition) is 1. The third kappa shape index (κ3) is 7.90. The van der Waals surface area contributed by atoms with Crippen LogP contribution in [-0.2, 0) is 23.1 Å². The molecule has 2 aromatic heterocycles. The lowest BCUT2D eigenvalue weighted by Crippen LogP contribution is -2.34. The van der Waals surface area contributed by atoms with Crippen LogP contribution in [0.2, 0.25) is 10.0 Å². The van der Waals surface area contributed by atoms with E-state index >= 15 is 0 Å². The fraction of sp³-hybridized carbons (Fsp3) is 0.125. The van der Waals surface area contributed by atoms with Gasteiger partial charge in [0.05, 0.1) is 40.2 Å². The molecule has 9 nitrogen and oxygen atoms in total. The molecule has 5 rings (SSSR count). The first-order valence-corrected chi connectivity index (χ1v) is 15.5. The van der Waals surface area contributed by atoms with Crippen LogP contribution in [0.4, 0.5) is 5.69 Å². The summed E-state index contributed by atoms with van der Waals surface area (Å²) in [6, 6.07) is 26.4. The molecule has 1 amide bonds. The molecule has 0 radical (unpaired) electrons. The quantitative estimate of drug-likeness (QED) is 0.164. The fourth-order valence-electron chi connectivity index (χ4n) is 4.31. The van der Waals surface area contributed by atoms with Crippen LogP contribution in [-0.4, -0.2) is 36.8 Å². The Morgan fingerprint density at radius 3 is 2.09 bits per heavy atom. The number of carbonyl (C=O) groups is 2. The van der Waals surface area contributed by atoms with E-state index in [0.717, 1.165) is 0 Å². The smallest absolute Gasteiger partial charge is 0.371 e. The van der Waals surface area contributed by atoms with Crippen LogP contribution in [0.5, 0.6) is 0 Å². The predicted octanol–water partition coefficient (Wildman–Crippen LogP) is 7.62. The molecule has 0 saturated carbocycles. The second kappa shape index (κ2) is 14.8. The van der Waals surface area contributed by atoms with Gasteiger partial charge in [0.25, 0.3) is 15.9 Å². The van der Waals surface area contributed by atoms with Gasteiger partial charge >= 0.3 is 5.97 Å². The van der Waals surface area contributed by atoms with Crippen LogP contribution in [0.3, 0.4) is 0 Å². The minimum Gasteiger partial charge on any atom is -0.475 e. The summed E-state index contributed by atoms with van der Waals surface area (Å²) < 4.78 is 38.4. The average Bonchev–Trinajstić information content (AvgIpc) is 3.74. The van der Waals surface area contributed by atoms with E-state index in [4.69, 9.17) is 32.7 Å². The van der Waals surface area contributed by atoms with E-state index in [-0.39, 0.29) is 36.2 Å². The Kier molecular flexibility index (Phi) is 10.9. The van der Waals surface area contributed by atoms with Crippen molar-refractivity contribution in [3.05, 3.63) is 142 Å². The normalized spacial score (nSPS) is 10.9. The van der Waals surface area contributed by atoms with E-state index in [1.54, 1.807) is 96.8 Å². The van der Waals surface area contributed by atoms with Crippen LogP contribution in [0.15, 0.2) is 123 Å². The lowest BCUT2D eigenvalue weighted by molar-refractivity contribution is 0.0661. The van der Waals surface area contributed by atoms with Crippen molar-refractivity contribution in [2.75, 3.05) is 10.8 Å². The van der Waals surface area contributed by atoms with Crippen LogP contribution in [0.25, 0.3) is 0 Å². The van der Waals surface area contributed by atoms with Gasteiger partial charge in [-0.3, -0.25) is 9.10 Å². The number of carbonyl (C=O) groups excluding carboxylic acids is 1. The van der Waals surface area contributed by atoms with Crippen molar-refractivity contribution in [2.24, 2.45) is 0 Å². The molecule has 228 valence electrons. The molecule has 12 heteroatoms. The molecule has 0 aliphatic carbocycles. The Morgan fingerprint density at radius 2 is 1.50 bits per heavy atom. The summed E-state index contributed by atoms with van der Waals surface area (Å²) in [5.74, 6) is -0.805. The number of sulfonamides is 1. The molecule has 0 atom stereocenters. The maximum Gasteiger partial charge on any atom is 0.371 e. The largest absolute Gasteiger partial charge is 0.475 e. The highest BCUT2D eigenvalue weighted by molar-refractivity contribution is 7.92. The Hall–Kier alpha value is -4.51. The number of nitrogens with zero attached hydrogens (tertiary/aromatic N) is 2. The number of furan rings is 2. The maximum absolute atomic E-state index is 13.6. The van der Waals surface area contributed by atoms with Gasteiger partial charge in [0.1, 0.15) is 5.76 Å². The highest BCUT2D eigenvalue weighted by Gasteiger charge is 2.27. The number of aromatic carboxylic acids is 1. The monoisotopic (exact) mass is 654 g/mol. The van der Waals surface area contributed by atoms with Gasteiger partial charge in [0, 0.05) is 18.1 Å². The van der Waals surface area contributed by atoms with Crippen molar-refractivity contribution in [1.82, 2.24) is 4.90 Å². The van der Waals surface area contributed by atoms with Crippen molar-refractivity contribution < 1.29 is 31.9 Å². The Morgan fingerprint density at radius 1 is 0.818 bits per heavy atom. The first-order chi connectivity index (χ1) is 21.1. The summed E-state index contributed by atoms with van der Waals surface area (Å²) >= 11 is 12.7. The van der Waals surface area contributed by atoms with E-state index < -0.39 is 16.0 Å². The van der Waals surface area contributed by atoms with Gasteiger partial charge < -0.3 is 18.8 Å². The number of halogens is 2. The Bertz CT molecular complexity index is 1790. The molecule has 0 fully saturated rings. The van der Waals surface area contributed by atoms with Gasteiger partial charge in [-0.1, -0.05) is 53.5 Å². The topological polar surface area (TPSA) is 121 Å². The van der Waals surface area contributed by atoms with Gasteiger partial charge in [-0.2, -0.15) is 0 Å². The first kappa shape index (κ1) is 32.4. The molecule has 0 spiro atoms. The molecule has 0 aliphatic rings. The van der Waals surface area contributed by atoms with E-state index in [9.17, 15) is 18.0 Å². The van der Waals surface area contributed by atoms with E-state index in [1.165, 1.54) is 29.0 Å². The van der Waals surface area contributed by atoms with Crippen molar-refractivity contribution in [3.63, 3.8) is 0 Å². The number of rotatable bonds is 10. The number of anilines is 1. The molecule has 2 heterocycles. The van der Waals surface area contributed by atoms with Crippen LogP contribution in [0.1, 0.15) is 39.2 Å². The van der Waals surface area contributed by atoms with Crippen LogP contribution < -0.4 is 4.31 Å². The molecule has 0 saturated heterocycles. The van der Waals surface area contributed by atoms with Gasteiger partial charge in [0.15, 0.2) is 0 Å². The Balaban J connectivity index is 0.000000479. The molecule has 0 aliphatic heterocycles. The third-order valence-electron chi connectivity index (χ3n) is 6.34. The minimum absolute atomic E-state index is 0.0231. The molecule has 0 bridgehead atoms. The van der Waals surface area contributed by atoms with Crippen LogP contribution in [0, 0.1) is 0 Å². The summed E-state index contributed by atoms with van der Waals surface area (Å²) in [5.41, 5.74) is 1.33. The molecule has 5 aromatic rings. The molecule has 3 aromatic carbocycles. The Labute approximate surface area is 264 Å². The number of hydrogen-bond acceptors (Lipinski definition) is 6. The van der Waals surface area contributed by atoms with Crippen molar-refractivity contribution in [3.8, 4) is 0 Å². The lowest BCUT2D eigenvalue weighted by Gasteiger charge is -2.28. The number of amides is 1. The number of carboxylic acids is 1. The fourth-order valence-corrected chi connectivity index (χ4v) is 6.26. The molecule has 0 unspecified atom stereocenters. The van der Waals surface area contributed by atoms with E-state index in [0.29, 0.717) is 32.6 Å². The average molecular weight is 656 g/mol. The summed E-state index contributed by atoms with van der Waals surface area (Å²) in [5, 5.41) is 8.92. The van der Waals surface area contributed by atoms with Gasteiger partial charge in [-0.05, 0) is 79.2 Å². The standard InChI is InChI=1S/C27H24Cl2N2O4S.C5H4O3/c1-2-31(36(33,34)23-10-4-3-5-11-23)26-15-14-21(28)17-20(26)18-30(19-22-9-8-16-35-22)27(32)24-12-6-7-13-25(24)29;6-5(7)4-2-1-3-8-4/h3-17H,2,18-19H2,1H3;1-3H,(H,6,7). The molecular formula is C32H28Cl2N2O7S. The summed E-state index contributed by atoms with van der Waals surface area (Å²) in [7, 11) is -3.86. The second-order valence-electron chi connectivity index (χ2n) is 9.26. The van der Waals surface area contributed by atoms with E-state index in [1.807, 2.05) is 0 Å². The highest BCUT2D eigenvalue weighted by Crippen LogP contribution is 2.31. The zero-order valence-corrected chi connectivity index (χ0v) is 25.8. The van der Waals surface area contributed by atoms with Gasteiger partial charge in [-0.25, -0.2) is 13.2 Å². The zero-order valence-electron chi connectivity index (χ0n) is 23.5.